The van der Waals surface area contributed by atoms with Crippen LogP contribution in [0.1, 0.15) is 25.3 Å². The largest absolute Gasteiger partial charge is 0.508 e. The molecule has 17 heavy (non-hydrogen) atoms. The molecule has 0 saturated heterocycles. The first-order valence-corrected chi connectivity index (χ1v) is 5.73. The van der Waals surface area contributed by atoms with Crippen LogP contribution in [0, 0.1) is 0 Å². The van der Waals surface area contributed by atoms with Gasteiger partial charge in [-0.3, -0.25) is 0 Å². The standard InChI is InChI=1S/C13H16O4/c1-2-3-6-16-12-8-17-11-7-9(14)4-5-10(11)13(12)15/h4-5,7,14-15H,2-3,6,8H2,1H3. The molecule has 0 bridgehead atoms. The molecule has 0 aliphatic carbocycles. The van der Waals surface area contributed by atoms with Gasteiger partial charge in [-0.25, -0.2) is 0 Å². The lowest BCUT2D eigenvalue weighted by Crippen LogP contribution is -2.14. The van der Waals surface area contributed by atoms with Crippen LogP contribution in [0.3, 0.4) is 0 Å². The van der Waals surface area contributed by atoms with E-state index in [4.69, 9.17) is 9.47 Å². The minimum absolute atomic E-state index is 0.0994. The molecule has 4 heteroatoms. The van der Waals surface area contributed by atoms with Crippen LogP contribution < -0.4 is 4.74 Å². The first-order chi connectivity index (χ1) is 8.22. The summed E-state index contributed by atoms with van der Waals surface area (Å²) in [5, 5.41) is 19.3. The van der Waals surface area contributed by atoms with Gasteiger partial charge in [0, 0.05) is 6.07 Å². The van der Waals surface area contributed by atoms with Gasteiger partial charge in [0.25, 0.3) is 0 Å². The van der Waals surface area contributed by atoms with Gasteiger partial charge in [-0.2, -0.15) is 0 Å². The fraction of sp³-hybridized carbons (Fsp3) is 0.385. The zero-order valence-corrected chi connectivity index (χ0v) is 9.77. The van der Waals surface area contributed by atoms with E-state index in [1.54, 1.807) is 6.07 Å². The highest BCUT2D eigenvalue weighted by Crippen LogP contribution is 2.34. The number of ether oxygens (including phenoxy) is 2. The number of aliphatic hydroxyl groups is 1. The topological polar surface area (TPSA) is 58.9 Å². The van der Waals surface area contributed by atoms with E-state index >= 15 is 0 Å². The molecule has 92 valence electrons. The normalized spacial score (nSPS) is 14.2. The molecule has 1 aliphatic heterocycles. The van der Waals surface area contributed by atoms with Gasteiger partial charge in [0.1, 0.15) is 18.1 Å². The molecule has 0 saturated carbocycles. The van der Waals surface area contributed by atoms with Gasteiger partial charge in [0.2, 0.25) is 0 Å². The van der Waals surface area contributed by atoms with Crippen LogP contribution >= 0.6 is 0 Å². The highest BCUT2D eigenvalue weighted by molar-refractivity contribution is 5.69. The number of phenolic OH excluding ortho intramolecular Hbond substituents is 1. The maximum absolute atomic E-state index is 10.0. The number of benzene rings is 1. The van der Waals surface area contributed by atoms with Crippen LogP contribution in [-0.4, -0.2) is 23.4 Å². The molecule has 2 N–H and O–H groups in total. The minimum Gasteiger partial charge on any atom is -0.508 e. The molecule has 0 unspecified atom stereocenters. The molecule has 2 rings (SSSR count). The van der Waals surface area contributed by atoms with Gasteiger partial charge in [0.15, 0.2) is 11.5 Å². The van der Waals surface area contributed by atoms with Crippen molar-refractivity contribution in [3.05, 3.63) is 29.5 Å². The zero-order valence-electron chi connectivity index (χ0n) is 9.77. The van der Waals surface area contributed by atoms with E-state index in [9.17, 15) is 10.2 Å². The van der Waals surface area contributed by atoms with Gasteiger partial charge in [-0.15, -0.1) is 0 Å². The second-order valence-electron chi connectivity index (χ2n) is 3.94. The van der Waals surface area contributed by atoms with Crippen molar-refractivity contribution in [1.29, 1.82) is 0 Å². The van der Waals surface area contributed by atoms with E-state index < -0.39 is 0 Å². The lowest BCUT2D eigenvalue weighted by molar-refractivity contribution is 0.155. The zero-order chi connectivity index (χ0) is 12.3. The van der Waals surface area contributed by atoms with Crippen LogP contribution in [0.25, 0.3) is 5.76 Å². The first-order valence-electron chi connectivity index (χ1n) is 5.73. The lowest BCUT2D eigenvalue weighted by atomic mass is 10.1. The minimum atomic E-state index is 0.0994. The van der Waals surface area contributed by atoms with Crippen LogP contribution in [0.2, 0.25) is 0 Å². The number of aromatic hydroxyl groups is 1. The molecule has 0 fully saturated rings. The van der Waals surface area contributed by atoms with Crippen molar-refractivity contribution in [2.45, 2.75) is 19.8 Å². The van der Waals surface area contributed by atoms with Gasteiger partial charge in [-0.1, -0.05) is 13.3 Å². The van der Waals surface area contributed by atoms with E-state index in [1.165, 1.54) is 12.1 Å². The maximum Gasteiger partial charge on any atom is 0.176 e. The molecule has 0 spiro atoms. The molecule has 0 radical (unpaired) electrons. The summed E-state index contributed by atoms with van der Waals surface area (Å²) >= 11 is 0. The van der Waals surface area contributed by atoms with Gasteiger partial charge in [0.05, 0.1) is 12.2 Å². The average Bonchev–Trinajstić information content (AvgIpc) is 2.32. The number of phenols is 1. The summed E-state index contributed by atoms with van der Waals surface area (Å²) in [5.74, 6) is 1.15. The second kappa shape index (κ2) is 4.99. The smallest absolute Gasteiger partial charge is 0.176 e. The number of hydrogen-bond donors (Lipinski definition) is 2. The predicted molar refractivity (Wildman–Crippen MR) is 64.0 cm³/mol. The Morgan fingerprint density at radius 1 is 1.35 bits per heavy atom. The Balaban J connectivity index is 2.19. The van der Waals surface area contributed by atoms with Crippen LogP contribution in [0.15, 0.2) is 24.0 Å². The van der Waals surface area contributed by atoms with E-state index in [0.29, 0.717) is 23.7 Å². The predicted octanol–water partition coefficient (Wildman–Crippen LogP) is 2.83. The van der Waals surface area contributed by atoms with Crippen LogP contribution in [0.4, 0.5) is 0 Å². The van der Waals surface area contributed by atoms with Crippen molar-refractivity contribution in [3.8, 4) is 11.5 Å². The summed E-state index contributed by atoms with van der Waals surface area (Å²) in [6.07, 6.45) is 1.98. The summed E-state index contributed by atoms with van der Waals surface area (Å²) < 4.78 is 10.9. The third-order valence-electron chi connectivity index (χ3n) is 2.62. The Kier molecular flexibility index (Phi) is 3.42. The van der Waals surface area contributed by atoms with Crippen molar-refractivity contribution in [2.75, 3.05) is 13.2 Å². The van der Waals surface area contributed by atoms with E-state index in [0.717, 1.165) is 12.8 Å². The van der Waals surface area contributed by atoms with Gasteiger partial charge >= 0.3 is 0 Å². The fourth-order valence-corrected chi connectivity index (χ4v) is 1.64. The summed E-state index contributed by atoms with van der Waals surface area (Å²) in [7, 11) is 0. The number of fused-ring (bicyclic) bond motifs is 1. The molecule has 1 aliphatic rings. The van der Waals surface area contributed by atoms with Crippen LogP contribution in [0.5, 0.6) is 11.5 Å². The van der Waals surface area contributed by atoms with Gasteiger partial charge < -0.3 is 19.7 Å². The van der Waals surface area contributed by atoms with Crippen molar-refractivity contribution >= 4 is 5.76 Å². The summed E-state index contributed by atoms with van der Waals surface area (Å²) in [5.41, 5.74) is 0.556. The SMILES string of the molecule is CCCCOC1=C(O)c2ccc(O)cc2OC1. The van der Waals surface area contributed by atoms with E-state index in [-0.39, 0.29) is 18.1 Å². The third kappa shape index (κ3) is 2.46. The number of hydrogen-bond acceptors (Lipinski definition) is 4. The van der Waals surface area contributed by atoms with Crippen molar-refractivity contribution in [2.24, 2.45) is 0 Å². The van der Waals surface area contributed by atoms with Crippen molar-refractivity contribution < 1.29 is 19.7 Å². The molecular weight excluding hydrogens is 220 g/mol. The molecule has 1 heterocycles. The number of unbranched alkanes of at least 4 members (excludes halogenated alkanes) is 1. The molecule has 0 amide bonds. The number of aliphatic hydroxyl groups excluding tert-OH is 1. The monoisotopic (exact) mass is 236 g/mol. The molecule has 1 aromatic carbocycles. The summed E-state index contributed by atoms with van der Waals surface area (Å²) in [6, 6.07) is 4.60. The second-order valence-corrected chi connectivity index (χ2v) is 3.94. The van der Waals surface area contributed by atoms with Crippen LogP contribution in [-0.2, 0) is 4.74 Å². The van der Waals surface area contributed by atoms with Crippen molar-refractivity contribution in [1.82, 2.24) is 0 Å². The Hall–Kier alpha value is -1.84. The fourth-order valence-electron chi connectivity index (χ4n) is 1.64. The first kappa shape index (κ1) is 11.6. The van der Waals surface area contributed by atoms with E-state index in [2.05, 4.69) is 6.92 Å². The van der Waals surface area contributed by atoms with Crippen molar-refractivity contribution in [3.63, 3.8) is 0 Å². The lowest BCUT2D eigenvalue weighted by Gasteiger charge is -2.21. The molecule has 4 nitrogen and oxygen atoms in total. The quantitative estimate of drug-likeness (QED) is 0.789. The molecular formula is C13H16O4. The van der Waals surface area contributed by atoms with Gasteiger partial charge in [-0.05, 0) is 18.6 Å². The summed E-state index contributed by atoms with van der Waals surface area (Å²) in [4.78, 5) is 0. The Bertz CT molecular complexity index is 437. The van der Waals surface area contributed by atoms with E-state index in [1.807, 2.05) is 0 Å². The average molecular weight is 236 g/mol. The number of rotatable bonds is 4. The highest BCUT2D eigenvalue weighted by Gasteiger charge is 2.21. The summed E-state index contributed by atoms with van der Waals surface area (Å²) in [6.45, 7) is 2.85. The Labute approximate surface area is 100 Å². The molecule has 0 aromatic heterocycles. The molecule has 0 atom stereocenters. The Morgan fingerprint density at radius 2 is 2.18 bits per heavy atom. The maximum atomic E-state index is 10.0. The Morgan fingerprint density at radius 3 is 2.94 bits per heavy atom. The third-order valence-corrected chi connectivity index (χ3v) is 2.62. The highest BCUT2D eigenvalue weighted by atomic mass is 16.5. The molecule has 1 aromatic rings.